The van der Waals surface area contributed by atoms with Gasteiger partial charge in [-0.25, -0.2) is 0 Å². The summed E-state index contributed by atoms with van der Waals surface area (Å²) in [4.78, 5) is 29.6. The van der Waals surface area contributed by atoms with Gasteiger partial charge in [-0.1, -0.05) is 48.5 Å². The topological polar surface area (TPSA) is 54.8 Å². The van der Waals surface area contributed by atoms with Gasteiger partial charge in [0.15, 0.2) is 0 Å². The standard InChI is InChI=1S/C24H25N3O3/c1-25-19-11-7-6-8-17(19)14-20(25)23(29)27-13-12-24(18-9-4-3-5-10-18)21(15-27)30-16-22(28)26(24)2/h3-11,14,21H,12-13,15-16H2,1-2H3/t21-,24+/m1/s1. The maximum atomic E-state index is 13.4. The fourth-order valence-corrected chi connectivity index (χ4v) is 5.07. The molecule has 30 heavy (non-hydrogen) atoms. The third-order valence-corrected chi connectivity index (χ3v) is 6.79. The second-order valence-corrected chi connectivity index (χ2v) is 8.19. The fraction of sp³-hybridized carbons (Fsp3) is 0.333. The number of aromatic nitrogens is 1. The Morgan fingerprint density at radius 1 is 1.07 bits per heavy atom. The summed E-state index contributed by atoms with van der Waals surface area (Å²) < 4.78 is 7.99. The van der Waals surface area contributed by atoms with Crippen molar-refractivity contribution in [2.45, 2.75) is 18.1 Å². The third kappa shape index (κ3) is 2.67. The summed E-state index contributed by atoms with van der Waals surface area (Å²) in [6.07, 6.45) is 0.370. The molecule has 2 atom stereocenters. The van der Waals surface area contributed by atoms with Crippen molar-refractivity contribution in [2.75, 3.05) is 26.7 Å². The predicted octanol–water partition coefficient (Wildman–Crippen LogP) is 2.78. The zero-order chi connectivity index (χ0) is 20.9. The molecule has 6 heteroatoms. The molecule has 3 heterocycles. The number of amides is 2. The minimum Gasteiger partial charge on any atom is -0.364 e. The number of nitrogens with zero attached hydrogens (tertiary/aromatic N) is 3. The van der Waals surface area contributed by atoms with Crippen molar-refractivity contribution in [1.29, 1.82) is 0 Å². The molecule has 5 rings (SSSR count). The van der Waals surface area contributed by atoms with E-state index in [0.29, 0.717) is 25.2 Å². The smallest absolute Gasteiger partial charge is 0.270 e. The van der Waals surface area contributed by atoms with Crippen LogP contribution in [0.1, 0.15) is 22.5 Å². The van der Waals surface area contributed by atoms with Gasteiger partial charge < -0.3 is 19.1 Å². The van der Waals surface area contributed by atoms with E-state index in [2.05, 4.69) is 0 Å². The van der Waals surface area contributed by atoms with Gasteiger partial charge in [0.2, 0.25) is 5.91 Å². The number of aryl methyl sites for hydroxylation is 1. The van der Waals surface area contributed by atoms with E-state index >= 15 is 0 Å². The van der Waals surface area contributed by atoms with Crippen molar-refractivity contribution in [3.05, 3.63) is 71.9 Å². The molecule has 0 bridgehead atoms. The number of morpholine rings is 1. The van der Waals surface area contributed by atoms with Crippen molar-refractivity contribution in [3.63, 3.8) is 0 Å². The number of likely N-dealkylation sites (tertiary alicyclic amines) is 1. The van der Waals surface area contributed by atoms with Gasteiger partial charge in [-0.15, -0.1) is 0 Å². The number of likely N-dealkylation sites (N-methyl/N-ethyl adjacent to an activating group) is 1. The number of benzene rings is 2. The molecule has 154 valence electrons. The number of piperidine rings is 1. The number of carbonyl (C=O) groups excluding carboxylic acids is 2. The lowest BCUT2D eigenvalue weighted by Gasteiger charge is -2.54. The molecule has 0 N–H and O–H groups in total. The van der Waals surface area contributed by atoms with Gasteiger partial charge in [0.25, 0.3) is 5.91 Å². The van der Waals surface area contributed by atoms with Crippen LogP contribution in [0.3, 0.4) is 0 Å². The number of rotatable bonds is 2. The molecule has 1 aromatic heterocycles. The fourth-order valence-electron chi connectivity index (χ4n) is 5.07. The minimum absolute atomic E-state index is 0.00138. The van der Waals surface area contributed by atoms with E-state index in [1.54, 1.807) is 0 Å². The Hall–Kier alpha value is -3.12. The average molecular weight is 403 g/mol. The molecule has 0 aliphatic carbocycles. The number of para-hydroxylation sites is 1. The molecular weight excluding hydrogens is 378 g/mol. The van der Waals surface area contributed by atoms with E-state index in [4.69, 9.17) is 4.74 Å². The molecule has 2 amide bonds. The lowest BCUT2D eigenvalue weighted by atomic mass is 9.76. The maximum Gasteiger partial charge on any atom is 0.270 e. The van der Waals surface area contributed by atoms with Gasteiger partial charge in [0.1, 0.15) is 18.4 Å². The number of carbonyl (C=O) groups is 2. The second kappa shape index (κ2) is 6.99. The first-order valence-electron chi connectivity index (χ1n) is 10.3. The molecule has 0 saturated carbocycles. The van der Waals surface area contributed by atoms with Crippen LogP contribution in [0.25, 0.3) is 10.9 Å². The van der Waals surface area contributed by atoms with Gasteiger partial charge in [0, 0.05) is 38.1 Å². The summed E-state index contributed by atoms with van der Waals surface area (Å²) in [5.74, 6) is -0.0259. The van der Waals surface area contributed by atoms with Crippen LogP contribution in [-0.2, 0) is 22.1 Å². The zero-order valence-electron chi connectivity index (χ0n) is 17.2. The Bertz CT molecular complexity index is 1120. The predicted molar refractivity (Wildman–Crippen MR) is 114 cm³/mol. The van der Waals surface area contributed by atoms with E-state index in [-0.39, 0.29) is 24.5 Å². The lowest BCUT2D eigenvalue weighted by molar-refractivity contribution is -0.180. The summed E-state index contributed by atoms with van der Waals surface area (Å²) in [6, 6.07) is 20.0. The average Bonchev–Trinajstić information content (AvgIpc) is 3.13. The normalized spacial score (nSPS) is 24.2. The van der Waals surface area contributed by atoms with E-state index in [9.17, 15) is 9.59 Å². The summed E-state index contributed by atoms with van der Waals surface area (Å²) in [5, 5.41) is 1.05. The number of hydrogen-bond acceptors (Lipinski definition) is 3. The van der Waals surface area contributed by atoms with Crippen molar-refractivity contribution in [1.82, 2.24) is 14.4 Å². The van der Waals surface area contributed by atoms with E-state index in [0.717, 1.165) is 16.5 Å². The van der Waals surface area contributed by atoms with Crippen LogP contribution in [-0.4, -0.2) is 59.0 Å². The second-order valence-electron chi connectivity index (χ2n) is 8.19. The van der Waals surface area contributed by atoms with Crippen molar-refractivity contribution in [2.24, 2.45) is 7.05 Å². The van der Waals surface area contributed by atoms with Gasteiger partial charge in [-0.2, -0.15) is 0 Å². The Kier molecular flexibility index (Phi) is 4.40. The van der Waals surface area contributed by atoms with Crippen LogP contribution >= 0.6 is 0 Å². The van der Waals surface area contributed by atoms with Crippen LogP contribution in [0, 0.1) is 0 Å². The summed E-state index contributed by atoms with van der Waals surface area (Å²) in [5.41, 5.74) is 2.22. The Balaban J connectivity index is 1.48. The quantitative estimate of drug-likeness (QED) is 0.661. The Labute approximate surface area is 175 Å². The van der Waals surface area contributed by atoms with Crippen molar-refractivity contribution < 1.29 is 14.3 Å². The third-order valence-electron chi connectivity index (χ3n) is 6.79. The molecule has 2 aromatic carbocycles. The lowest BCUT2D eigenvalue weighted by Crippen LogP contribution is -2.67. The zero-order valence-corrected chi connectivity index (χ0v) is 17.2. The van der Waals surface area contributed by atoms with Crippen LogP contribution in [0.15, 0.2) is 60.7 Å². The molecule has 0 unspecified atom stereocenters. The molecule has 6 nitrogen and oxygen atoms in total. The van der Waals surface area contributed by atoms with Gasteiger partial charge in [0.05, 0.1) is 5.54 Å². The first kappa shape index (κ1) is 18.9. The molecule has 2 fully saturated rings. The monoisotopic (exact) mass is 403 g/mol. The number of fused-ring (bicyclic) bond motifs is 2. The van der Waals surface area contributed by atoms with Gasteiger partial charge in [-0.3, -0.25) is 9.59 Å². The Morgan fingerprint density at radius 2 is 1.80 bits per heavy atom. The summed E-state index contributed by atoms with van der Waals surface area (Å²) >= 11 is 0. The molecule has 2 saturated heterocycles. The van der Waals surface area contributed by atoms with Crippen LogP contribution in [0.5, 0.6) is 0 Å². The van der Waals surface area contributed by atoms with Gasteiger partial charge in [-0.05, 0) is 24.1 Å². The minimum atomic E-state index is -0.549. The SMILES string of the molecule is CN1C(=O)CO[C@@H]2CN(C(=O)c3cc4ccccc4n3C)CC[C@]21c1ccccc1. The molecular formula is C24H25N3O3. The highest BCUT2D eigenvalue weighted by Crippen LogP contribution is 2.42. The highest BCUT2D eigenvalue weighted by atomic mass is 16.5. The van der Waals surface area contributed by atoms with Crippen LogP contribution < -0.4 is 0 Å². The van der Waals surface area contributed by atoms with E-state index in [1.165, 1.54) is 0 Å². The first-order chi connectivity index (χ1) is 14.5. The maximum absolute atomic E-state index is 13.4. The highest BCUT2D eigenvalue weighted by Gasteiger charge is 2.53. The van der Waals surface area contributed by atoms with Crippen LogP contribution in [0.4, 0.5) is 0 Å². The largest absolute Gasteiger partial charge is 0.364 e. The molecule has 2 aliphatic rings. The van der Waals surface area contributed by atoms with E-state index < -0.39 is 5.54 Å². The van der Waals surface area contributed by atoms with E-state index in [1.807, 2.05) is 89.1 Å². The molecule has 0 radical (unpaired) electrons. The molecule has 3 aromatic rings. The first-order valence-corrected chi connectivity index (χ1v) is 10.3. The number of ether oxygens (including phenoxy) is 1. The van der Waals surface area contributed by atoms with Crippen LogP contribution in [0.2, 0.25) is 0 Å². The molecule has 2 aliphatic heterocycles. The highest BCUT2D eigenvalue weighted by molar-refractivity contribution is 5.98. The van der Waals surface area contributed by atoms with Gasteiger partial charge >= 0.3 is 0 Å². The summed E-state index contributed by atoms with van der Waals surface area (Å²) in [7, 11) is 3.78. The Morgan fingerprint density at radius 3 is 2.57 bits per heavy atom. The number of hydrogen-bond donors (Lipinski definition) is 0. The molecule has 0 spiro atoms. The summed E-state index contributed by atoms with van der Waals surface area (Å²) in [6.45, 7) is 1.06. The van der Waals surface area contributed by atoms with Crippen molar-refractivity contribution in [3.8, 4) is 0 Å². The van der Waals surface area contributed by atoms with Crippen molar-refractivity contribution >= 4 is 22.7 Å².